The van der Waals surface area contributed by atoms with E-state index >= 15 is 0 Å². The summed E-state index contributed by atoms with van der Waals surface area (Å²) in [7, 11) is 0. The summed E-state index contributed by atoms with van der Waals surface area (Å²) < 4.78 is 0. The number of rotatable bonds is 4. The Morgan fingerprint density at radius 3 is 2.07 bits per heavy atom. The zero-order valence-corrected chi connectivity index (χ0v) is 15.2. The summed E-state index contributed by atoms with van der Waals surface area (Å²) in [6.07, 6.45) is 0.885. The number of carboxylic acids is 1. The van der Waals surface area contributed by atoms with Gasteiger partial charge in [-0.05, 0) is 29.7 Å². The van der Waals surface area contributed by atoms with Crippen LogP contribution in [0.1, 0.15) is 43.6 Å². The minimum atomic E-state index is -1.17. The lowest BCUT2D eigenvalue weighted by Crippen LogP contribution is -2.30. The Hall–Kier alpha value is -3.25. The highest BCUT2D eigenvalue weighted by Gasteiger charge is 2.39. The topological polar surface area (TPSA) is 74.7 Å². The summed E-state index contributed by atoms with van der Waals surface area (Å²) in [5.41, 5.74) is 2.94. The average Bonchev–Trinajstić information content (AvgIpc) is 3.22. The highest BCUT2D eigenvalue weighted by Crippen LogP contribution is 2.41. The number of carboxylic acid groups (broad SMARTS) is 1. The van der Waals surface area contributed by atoms with Crippen molar-refractivity contribution in [1.29, 1.82) is 0 Å². The number of thiophene rings is 1. The summed E-state index contributed by atoms with van der Waals surface area (Å²) in [5, 5.41) is 11.6. The van der Waals surface area contributed by atoms with Crippen molar-refractivity contribution >= 4 is 34.1 Å². The molecule has 0 spiro atoms. The first-order valence-electron chi connectivity index (χ1n) is 8.44. The van der Waals surface area contributed by atoms with Crippen molar-refractivity contribution in [3.05, 3.63) is 76.2 Å². The standard InChI is InChI=1S/C21H15NO4S/c1-2-12-7-9-13(10-8-12)16-11-27-20(17(16)21(25)26)22-18(23)14-5-3-4-6-15(14)19(22)24/h3-11H,2H2,1H3,(H,25,26). The van der Waals surface area contributed by atoms with E-state index in [0.717, 1.165) is 33.8 Å². The fourth-order valence-corrected chi connectivity index (χ4v) is 4.29. The first-order valence-corrected chi connectivity index (χ1v) is 9.32. The van der Waals surface area contributed by atoms with Crippen LogP contribution in [0, 0.1) is 0 Å². The number of hydrogen-bond acceptors (Lipinski definition) is 4. The maximum atomic E-state index is 12.7. The molecular weight excluding hydrogens is 362 g/mol. The van der Waals surface area contributed by atoms with Gasteiger partial charge in [-0.2, -0.15) is 0 Å². The van der Waals surface area contributed by atoms with Crippen LogP contribution in [0.4, 0.5) is 5.00 Å². The highest BCUT2D eigenvalue weighted by atomic mass is 32.1. The smallest absolute Gasteiger partial charge is 0.339 e. The lowest BCUT2D eigenvalue weighted by molar-refractivity contribution is 0.0699. The molecule has 0 fully saturated rings. The maximum Gasteiger partial charge on any atom is 0.339 e. The normalized spacial score (nSPS) is 13.1. The Labute approximate surface area is 159 Å². The van der Waals surface area contributed by atoms with Crippen LogP contribution >= 0.6 is 11.3 Å². The van der Waals surface area contributed by atoms with Crippen LogP contribution in [0.3, 0.4) is 0 Å². The number of benzene rings is 2. The molecular formula is C21H15NO4S. The summed E-state index contributed by atoms with van der Waals surface area (Å²) in [6.45, 7) is 2.04. The summed E-state index contributed by atoms with van der Waals surface area (Å²) in [5.74, 6) is -2.15. The molecule has 5 nitrogen and oxygen atoms in total. The third-order valence-corrected chi connectivity index (χ3v) is 5.62. The predicted molar refractivity (Wildman–Crippen MR) is 104 cm³/mol. The van der Waals surface area contributed by atoms with Crippen molar-refractivity contribution in [2.75, 3.05) is 4.90 Å². The Morgan fingerprint density at radius 1 is 0.963 bits per heavy atom. The van der Waals surface area contributed by atoms with E-state index in [9.17, 15) is 19.5 Å². The molecule has 0 bridgehead atoms. The Balaban J connectivity index is 1.83. The van der Waals surface area contributed by atoms with E-state index in [1.54, 1.807) is 29.6 Å². The van der Waals surface area contributed by atoms with E-state index in [1.165, 1.54) is 0 Å². The van der Waals surface area contributed by atoms with Crippen LogP contribution in [0.15, 0.2) is 53.9 Å². The highest BCUT2D eigenvalue weighted by molar-refractivity contribution is 7.15. The Bertz CT molecular complexity index is 1050. The summed E-state index contributed by atoms with van der Waals surface area (Å²) in [6, 6.07) is 14.1. The van der Waals surface area contributed by atoms with Gasteiger partial charge in [-0.3, -0.25) is 9.59 Å². The molecule has 3 aromatic rings. The number of aromatic carboxylic acids is 1. The monoisotopic (exact) mass is 377 g/mol. The first kappa shape index (κ1) is 17.2. The quantitative estimate of drug-likeness (QED) is 0.681. The predicted octanol–water partition coefficient (Wildman–Crippen LogP) is 4.48. The zero-order chi connectivity index (χ0) is 19.1. The third kappa shape index (κ3) is 2.65. The molecule has 4 rings (SSSR count). The minimum Gasteiger partial charge on any atom is -0.478 e. The molecule has 27 heavy (non-hydrogen) atoms. The zero-order valence-electron chi connectivity index (χ0n) is 14.4. The van der Waals surface area contributed by atoms with Crippen molar-refractivity contribution in [2.45, 2.75) is 13.3 Å². The summed E-state index contributed by atoms with van der Waals surface area (Å²) in [4.78, 5) is 38.4. The van der Waals surface area contributed by atoms with Gasteiger partial charge in [0.05, 0.1) is 11.1 Å². The molecule has 1 aliphatic rings. The van der Waals surface area contributed by atoms with Crippen molar-refractivity contribution in [3.63, 3.8) is 0 Å². The molecule has 0 atom stereocenters. The van der Waals surface area contributed by atoms with Crippen molar-refractivity contribution in [2.24, 2.45) is 0 Å². The van der Waals surface area contributed by atoms with Gasteiger partial charge in [0.2, 0.25) is 0 Å². The second-order valence-corrected chi connectivity index (χ2v) is 7.03. The summed E-state index contributed by atoms with van der Waals surface area (Å²) >= 11 is 1.09. The largest absolute Gasteiger partial charge is 0.478 e. The van der Waals surface area contributed by atoms with Crippen LogP contribution < -0.4 is 4.90 Å². The lowest BCUT2D eigenvalue weighted by atomic mass is 10.0. The number of fused-ring (bicyclic) bond motifs is 1. The second kappa shape index (κ2) is 6.48. The van der Waals surface area contributed by atoms with Gasteiger partial charge in [0.15, 0.2) is 0 Å². The van der Waals surface area contributed by atoms with Crippen LogP contribution in [-0.2, 0) is 6.42 Å². The number of hydrogen-bond donors (Lipinski definition) is 1. The molecule has 0 saturated carbocycles. The van der Waals surface area contributed by atoms with E-state index in [1.807, 2.05) is 31.2 Å². The lowest BCUT2D eigenvalue weighted by Gasteiger charge is -2.13. The van der Waals surface area contributed by atoms with Gasteiger partial charge in [-0.15, -0.1) is 11.3 Å². The Kier molecular flexibility index (Phi) is 4.12. The van der Waals surface area contributed by atoms with Crippen LogP contribution in [-0.4, -0.2) is 22.9 Å². The number of carbonyl (C=O) groups is 3. The molecule has 0 radical (unpaired) electrons. The molecule has 2 aromatic carbocycles. The van der Waals surface area contributed by atoms with Crippen LogP contribution in [0.25, 0.3) is 11.1 Å². The molecule has 0 aliphatic carbocycles. The maximum absolute atomic E-state index is 12.7. The second-order valence-electron chi connectivity index (χ2n) is 6.18. The molecule has 2 heterocycles. The average molecular weight is 377 g/mol. The van der Waals surface area contributed by atoms with Gasteiger partial charge in [0.1, 0.15) is 10.6 Å². The molecule has 134 valence electrons. The molecule has 2 amide bonds. The van der Waals surface area contributed by atoms with Gasteiger partial charge < -0.3 is 5.11 Å². The van der Waals surface area contributed by atoms with E-state index in [4.69, 9.17) is 0 Å². The fourth-order valence-electron chi connectivity index (χ4n) is 3.23. The van der Waals surface area contributed by atoms with Crippen molar-refractivity contribution in [1.82, 2.24) is 0 Å². The third-order valence-electron chi connectivity index (χ3n) is 4.66. The minimum absolute atomic E-state index is 0.0289. The number of aryl methyl sites for hydroxylation is 1. The first-order chi connectivity index (χ1) is 13.0. The van der Waals surface area contributed by atoms with Crippen LogP contribution in [0.2, 0.25) is 0 Å². The van der Waals surface area contributed by atoms with E-state index in [0.29, 0.717) is 16.7 Å². The fraction of sp³-hybridized carbons (Fsp3) is 0.0952. The van der Waals surface area contributed by atoms with Gasteiger partial charge in [-0.1, -0.05) is 43.3 Å². The van der Waals surface area contributed by atoms with Gasteiger partial charge in [-0.25, -0.2) is 9.69 Å². The van der Waals surface area contributed by atoms with E-state index in [-0.39, 0.29) is 10.6 Å². The number of nitrogens with zero attached hydrogens (tertiary/aromatic N) is 1. The van der Waals surface area contributed by atoms with Crippen molar-refractivity contribution < 1.29 is 19.5 Å². The molecule has 0 saturated heterocycles. The van der Waals surface area contributed by atoms with E-state index < -0.39 is 17.8 Å². The molecule has 6 heteroatoms. The number of carbonyl (C=O) groups excluding carboxylic acids is 2. The number of amides is 2. The van der Waals surface area contributed by atoms with E-state index in [2.05, 4.69) is 0 Å². The van der Waals surface area contributed by atoms with Gasteiger partial charge in [0, 0.05) is 10.9 Å². The molecule has 0 unspecified atom stereocenters. The number of anilines is 1. The SMILES string of the molecule is CCc1ccc(-c2csc(N3C(=O)c4ccccc4C3=O)c2C(=O)O)cc1. The van der Waals surface area contributed by atoms with Gasteiger partial charge >= 0.3 is 5.97 Å². The van der Waals surface area contributed by atoms with Crippen molar-refractivity contribution in [3.8, 4) is 11.1 Å². The number of imide groups is 1. The molecule has 1 aromatic heterocycles. The molecule has 1 N–H and O–H groups in total. The molecule has 1 aliphatic heterocycles. The van der Waals surface area contributed by atoms with Gasteiger partial charge in [0.25, 0.3) is 11.8 Å². The van der Waals surface area contributed by atoms with Crippen LogP contribution in [0.5, 0.6) is 0 Å². The Morgan fingerprint density at radius 2 is 1.56 bits per heavy atom.